The van der Waals surface area contributed by atoms with Crippen molar-refractivity contribution in [2.45, 2.75) is 70.0 Å². The fraction of sp³-hybridized carbons (Fsp3) is 0.375. The lowest BCUT2D eigenvalue weighted by atomic mass is 10.1. The summed E-state index contributed by atoms with van der Waals surface area (Å²) in [4.78, 5) is 29.0. The van der Waals surface area contributed by atoms with Crippen LogP contribution in [0.5, 0.6) is 5.75 Å². The first-order valence-corrected chi connectivity index (χ1v) is 15.4. The van der Waals surface area contributed by atoms with Crippen molar-refractivity contribution in [3.8, 4) is 5.75 Å². The molecular formula is C32H39N3O5S. The van der Waals surface area contributed by atoms with Crippen molar-refractivity contribution in [1.82, 2.24) is 10.2 Å². The summed E-state index contributed by atoms with van der Waals surface area (Å²) in [5.74, 6) is -0.425. The van der Waals surface area contributed by atoms with E-state index in [2.05, 4.69) is 5.32 Å². The number of rotatable bonds is 11. The summed E-state index contributed by atoms with van der Waals surface area (Å²) in [6.45, 7) is 5.16. The van der Waals surface area contributed by atoms with E-state index in [-0.39, 0.29) is 29.1 Å². The van der Waals surface area contributed by atoms with E-state index in [1.807, 2.05) is 44.2 Å². The molecule has 1 saturated carbocycles. The minimum atomic E-state index is -4.17. The van der Waals surface area contributed by atoms with Crippen molar-refractivity contribution < 1.29 is 22.7 Å². The number of anilines is 1. The highest BCUT2D eigenvalue weighted by Crippen LogP contribution is 2.33. The van der Waals surface area contributed by atoms with Gasteiger partial charge in [-0.15, -0.1) is 0 Å². The van der Waals surface area contributed by atoms with Gasteiger partial charge >= 0.3 is 0 Å². The molecule has 3 aromatic rings. The van der Waals surface area contributed by atoms with E-state index in [0.29, 0.717) is 5.75 Å². The third-order valence-corrected chi connectivity index (χ3v) is 9.33. The van der Waals surface area contributed by atoms with Crippen LogP contribution in [0.15, 0.2) is 77.7 Å². The Hall–Kier alpha value is -3.85. The maximum Gasteiger partial charge on any atom is 0.264 e. The smallest absolute Gasteiger partial charge is 0.264 e. The molecule has 8 nitrogen and oxygen atoms in total. The van der Waals surface area contributed by atoms with Crippen LogP contribution < -0.4 is 14.4 Å². The highest BCUT2D eigenvalue weighted by Gasteiger charge is 2.34. The summed E-state index contributed by atoms with van der Waals surface area (Å²) in [5, 5.41) is 3.09. The quantitative estimate of drug-likeness (QED) is 0.347. The first-order chi connectivity index (χ1) is 19.6. The molecule has 0 spiro atoms. The Morgan fingerprint density at radius 3 is 2.22 bits per heavy atom. The number of hydrogen-bond donors (Lipinski definition) is 1. The van der Waals surface area contributed by atoms with Gasteiger partial charge in [-0.3, -0.25) is 13.9 Å². The molecule has 1 N–H and O–H groups in total. The summed E-state index contributed by atoms with van der Waals surface area (Å²) in [5.41, 5.74) is 2.98. The number of benzene rings is 3. The Labute approximate surface area is 243 Å². The molecular weight excluding hydrogens is 538 g/mol. The van der Waals surface area contributed by atoms with E-state index in [9.17, 15) is 18.0 Å². The summed E-state index contributed by atoms with van der Waals surface area (Å²) in [7, 11) is -2.71. The van der Waals surface area contributed by atoms with Gasteiger partial charge in [0.2, 0.25) is 11.8 Å². The standard InChI is InChI=1S/C32H39N3O5S/c1-23-14-17-26(18-15-23)21-34(25(3)32(37)33-27-10-8-9-11-27)31(36)22-35(29-20-24(2)16-19-30(29)40-4)41(38,39)28-12-6-5-7-13-28/h5-7,12-20,25,27H,8-11,21-22H2,1-4H3,(H,33,37)/t25-/m1/s1. The van der Waals surface area contributed by atoms with Crippen molar-refractivity contribution in [1.29, 1.82) is 0 Å². The second kappa shape index (κ2) is 13.2. The van der Waals surface area contributed by atoms with Gasteiger partial charge in [-0.05, 0) is 69.0 Å². The molecule has 0 radical (unpaired) electrons. The Balaban J connectivity index is 1.72. The zero-order chi connectivity index (χ0) is 29.6. The molecule has 1 atom stereocenters. The fourth-order valence-corrected chi connectivity index (χ4v) is 6.53. The van der Waals surface area contributed by atoms with Crippen molar-refractivity contribution in [2.75, 3.05) is 18.0 Å². The third kappa shape index (κ3) is 7.27. The van der Waals surface area contributed by atoms with E-state index < -0.39 is 28.5 Å². The van der Waals surface area contributed by atoms with Gasteiger partial charge in [0.15, 0.2) is 0 Å². The van der Waals surface area contributed by atoms with Crippen LogP contribution in [0.3, 0.4) is 0 Å². The van der Waals surface area contributed by atoms with Crippen LogP contribution in [0.2, 0.25) is 0 Å². The highest BCUT2D eigenvalue weighted by atomic mass is 32.2. The average Bonchev–Trinajstić information content (AvgIpc) is 3.48. The van der Waals surface area contributed by atoms with Crippen molar-refractivity contribution in [2.24, 2.45) is 0 Å². The zero-order valence-electron chi connectivity index (χ0n) is 24.2. The maximum atomic E-state index is 14.1. The van der Waals surface area contributed by atoms with Crippen LogP contribution in [-0.4, -0.2) is 50.9 Å². The van der Waals surface area contributed by atoms with Crippen LogP contribution in [0.4, 0.5) is 5.69 Å². The normalized spacial score (nSPS) is 14.3. The number of methoxy groups -OCH3 is 1. The summed E-state index contributed by atoms with van der Waals surface area (Å²) >= 11 is 0. The minimum Gasteiger partial charge on any atom is -0.495 e. The van der Waals surface area contributed by atoms with Gasteiger partial charge in [0.25, 0.3) is 10.0 Å². The van der Waals surface area contributed by atoms with Gasteiger partial charge in [0.05, 0.1) is 17.7 Å². The molecule has 41 heavy (non-hydrogen) atoms. The fourth-order valence-electron chi connectivity index (χ4n) is 5.09. The SMILES string of the molecule is COc1ccc(C)cc1N(CC(=O)N(Cc1ccc(C)cc1)[C@H](C)C(=O)NC1CCCC1)S(=O)(=O)c1ccccc1. The number of hydrogen-bond acceptors (Lipinski definition) is 5. The van der Waals surface area contributed by atoms with Crippen molar-refractivity contribution in [3.63, 3.8) is 0 Å². The Morgan fingerprint density at radius 1 is 0.951 bits per heavy atom. The number of nitrogens with zero attached hydrogens (tertiary/aromatic N) is 2. The molecule has 0 heterocycles. The number of aryl methyl sites for hydroxylation is 2. The lowest BCUT2D eigenvalue weighted by Gasteiger charge is -2.33. The first kappa shape index (κ1) is 30.1. The van der Waals surface area contributed by atoms with Crippen LogP contribution in [0.25, 0.3) is 0 Å². The number of carbonyl (C=O) groups is 2. The van der Waals surface area contributed by atoms with Crippen LogP contribution in [0.1, 0.15) is 49.3 Å². The molecule has 9 heteroatoms. The molecule has 1 aliphatic rings. The first-order valence-electron chi connectivity index (χ1n) is 14.0. The molecule has 3 aromatic carbocycles. The van der Waals surface area contributed by atoms with Crippen LogP contribution >= 0.6 is 0 Å². The molecule has 0 unspecified atom stereocenters. The van der Waals surface area contributed by atoms with Gasteiger partial charge in [-0.1, -0.05) is 66.9 Å². The van der Waals surface area contributed by atoms with E-state index in [0.717, 1.165) is 46.7 Å². The van der Waals surface area contributed by atoms with E-state index in [1.165, 1.54) is 24.1 Å². The minimum absolute atomic E-state index is 0.0495. The van der Waals surface area contributed by atoms with Crippen molar-refractivity contribution >= 4 is 27.5 Å². The molecule has 1 fully saturated rings. The number of sulfonamides is 1. The van der Waals surface area contributed by atoms with E-state index >= 15 is 0 Å². The summed E-state index contributed by atoms with van der Waals surface area (Å²) < 4.78 is 34.7. The molecule has 218 valence electrons. The highest BCUT2D eigenvalue weighted by molar-refractivity contribution is 7.92. The molecule has 2 amide bonds. The monoisotopic (exact) mass is 577 g/mol. The van der Waals surface area contributed by atoms with E-state index in [1.54, 1.807) is 37.3 Å². The third-order valence-electron chi connectivity index (χ3n) is 7.56. The Morgan fingerprint density at radius 2 is 1.59 bits per heavy atom. The molecule has 4 rings (SSSR count). The number of nitrogens with one attached hydrogen (secondary N) is 1. The molecule has 0 saturated heterocycles. The van der Waals surface area contributed by atoms with Gasteiger partial charge in [0.1, 0.15) is 18.3 Å². The summed E-state index contributed by atoms with van der Waals surface area (Å²) in [6.07, 6.45) is 3.97. The number of amides is 2. The van der Waals surface area contributed by atoms with Gasteiger partial charge in [0, 0.05) is 12.6 Å². The van der Waals surface area contributed by atoms with E-state index in [4.69, 9.17) is 4.74 Å². The lowest BCUT2D eigenvalue weighted by Crippen LogP contribution is -2.52. The maximum absolute atomic E-state index is 14.1. The van der Waals surface area contributed by atoms with Gasteiger partial charge in [-0.25, -0.2) is 8.42 Å². The predicted octanol–water partition coefficient (Wildman–Crippen LogP) is 4.98. The average molecular weight is 578 g/mol. The Bertz CT molecular complexity index is 1450. The predicted molar refractivity (Wildman–Crippen MR) is 160 cm³/mol. The number of ether oxygens (including phenoxy) is 1. The topological polar surface area (TPSA) is 96.0 Å². The van der Waals surface area contributed by atoms with Crippen LogP contribution in [-0.2, 0) is 26.2 Å². The summed E-state index contributed by atoms with van der Waals surface area (Å²) in [6, 6.07) is 20.2. The molecule has 0 bridgehead atoms. The second-order valence-electron chi connectivity index (χ2n) is 10.7. The number of carbonyl (C=O) groups excluding carboxylic acids is 2. The molecule has 0 aromatic heterocycles. The molecule has 1 aliphatic carbocycles. The lowest BCUT2D eigenvalue weighted by molar-refractivity contribution is -0.139. The zero-order valence-corrected chi connectivity index (χ0v) is 25.0. The largest absolute Gasteiger partial charge is 0.495 e. The van der Waals surface area contributed by atoms with Crippen molar-refractivity contribution in [3.05, 3.63) is 89.5 Å². The second-order valence-corrected chi connectivity index (χ2v) is 12.5. The Kier molecular flexibility index (Phi) is 9.70. The van der Waals surface area contributed by atoms with Crippen LogP contribution in [0, 0.1) is 13.8 Å². The van der Waals surface area contributed by atoms with Gasteiger partial charge < -0.3 is 15.0 Å². The van der Waals surface area contributed by atoms with Gasteiger partial charge in [-0.2, -0.15) is 0 Å². The molecule has 0 aliphatic heterocycles.